The molecule has 130 valence electrons. The van der Waals surface area contributed by atoms with Crippen LogP contribution >= 0.6 is 11.6 Å². The summed E-state index contributed by atoms with van der Waals surface area (Å²) in [5, 5.41) is 3.61. The van der Waals surface area contributed by atoms with Crippen molar-refractivity contribution in [3.8, 4) is 11.5 Å². The summed E-state index contributed by atoms with van der Waals surface area (Å²) in [6.45, 7) is 6.54. The van der Waals surface area contributed by atoms with E-state index in [1.807, 2.05) is 33.2 Å². The maximum Gasteiger partial charge on any atom is 0.226 e. The maximum absolute atomic E-state index is 12.2. The second-order valence-electron chi connectivity index (χ2n) is 6.69. The maximum atomic E-state index is 12.2. The van der Waals surface area contributed by atoms with Gasteiger partial charge < -0.3 is 14.6 Å². The highest BCUT2D eigenvalue weighted by atomic mass is 35.5. The number of aryl methyl sites for hydroxylation is 1. The Morgan fingerprint density at radius 2 is 1.92 bits per heavy atom. The van der Waals surface area contributed by atoms with Gasteiger partial charge in [0.15, 0.2) is 0 Å². The topological polar surface area (TPSA) is 58.4 Å². The molecule has 2 aromatic rings. The van der Waals surface area contributed by atoms with Gasteiger partial charge in [-0.3, -0.25) is 4.79 Å². The van der Waals surface area contributed by atoms with Crippen molar-refractivity contribution in [2.75, 3.05) is 20.6 Å². The summed E-state index contributed by atoms with van der Waals surface area (Å²) in [5.74, 6) is 1.09. The Kier molecular flexibility index (Phi) is 5.67. The van der Waals surface area contributed by atoms with Gasteiger partial charge in [-0.25, -0.2) is 4.98 Å². The molecule has 6 heteroatoms. The van der Waals surface area contributed by atoms with Crippen molar-refractivity contribution in [3.05, 3.63) is 40.7 Å². The molecule has 5 nitrogen and oxygen atoms in total. The number of amides is 1. The van der Waals surface area contributed by atoms with Crippen LogP contribution in [0.15, 0.2) is 28.7 Å². The highest BCUT2D eigenvalue weighted by molar-refractivity contribution is 6.30. The Labute approximate surface area is 148 Å². The van der Waals surface area contributed by atoms with Gasteiger partial charge in [-0.05, 0) is 59.1 Å². The predicted octanol–water partition coefficient (Wildman–Crippen LogP) is 3.30. The number of hydrogen-bond donors (Lipinski definition) is 1. The quantitative estimate of drug-likeness (QED) is 0.869. The standard InChI is InChI=1S/C18H24ClN3O2/c1-12-15(10-16(23)20-11-18(2,3)22(4)5)21-17(24-12)13-6-8-14(19)9-7-13/h6-9H,10-11H2,1-5H3,(H,20,23). The lowest BCUT2D eigenvalue weighted by molar-refractivity contribution is -0.121. The van der Waals surface area contributed by atoms with Gasteiger partial charge in [0, 0.05) is 22.7 Å². The van der Waals surface area contributed by atoms with E-state index in [1.165, 1.54) is 0 Å². The van der Waals surface area contributed by atoms with E-state index in [0.29, 0.717) is 28.9 Å². The van der Waals surface area contributed by atoms with Crippen LogP contribution in [0, 0.1) is 6.92 Å². The Morgan fingerprint density at radius 1 is 1.29 bits per heavy atom. The van der Waals surface area contributed by atoms with Crippen molar-refractivity contribution in [1.82, 2.24) is 15.2 Å². The first-order valence-electron chi connectivity index (χ1n) is 7.85. The van der Waals surface area contributed by atoms with E-state index in [1.54, 1.807) is 12.1 Å². The van der Waals surface area contributed by atoms with E-state index in [9.17, 15) is 4.79 Å². The zero-order valence-corrected chi connectivity index (χ0v) is 15.6. The SMILES string of the molecule is Cc1oc(-c2ccc(Cl)cc2)nc1CC(=O)NCC(C)(C)N(C)C. The molecule has 0 bridgehead atoms. The molecule has 1 N–H and O–H groups in total. The Bertz CT molecular complexity index is 706. The number of hydrogen-bond acceptors (Lipinski definition) is 4. The average molecular weight is 350 g/mol. The lowest BCUT2D eigenvalue weighted by Crippen LogP contribution is -2.48. The molecule has 0 atom stereocenters. The highest BCUT2D eigenvalue weighted by Crippen LogP contribution is 2.23. The molecule has 0 fully saturated rings. The average Bonchev–Trinajstić information content (AvgIpc) is 2.87. The number of oxazole rings is 1. The van der Waals surface area contributed by atoms with Crippen LogP contribution in [0.1, 0.15) is 25.3 Å². The van der Waals surface area contributed by atoms with Crippen LogP contribution in [-0.4, -0.2) is 42.0 Å². The molecule has 0 unspecified atom stereocenters. The molecule has 0 spiro atoms. The van der Waals surface area contributed by atoms with Crippen molar-refractivity contribution in [2.45, 2.75) is 32.7 Å². The van der Waals surface area contributed by atoms with E-state index in [0.717, 1.165) is 5.56 Å². The number of halogens is 1. The van der Waals surface area contributed by atoms with Crippen LogP contribution < -0.4 is 5.32 Å². The molecular weight excluding hydrogens is 326 g/mol. The summed E-state index contributed by atoms with van der Waals surface area (Å²) >= 11 is 5.89. The van der Waals surface area contributed by atoms with Crippen molar-refractivity contribution >= 4 is 17.5 Å². The molecule has 1 amide bonds. The van der Waals surface area contributed by atoms with Gasteiger partial charge in [0.25, 0.3) is 0 Å². The van der Waals surface area contributed by atoms with Gasteiger partial charge in [-0.15, -0.1) is 0 Å². The molecule has 2 rings (SSSR count). The smallest absolute Gasteiger partial charge is 0.226 e. The highest BCUT2D eigenvalue weighted by Gasteiger charge is 2.22. The van der Waals surface area contributed by atoms with Gasteiger partial charge in [0.05, 0.1) is 12.1 Å². The Morgan fingerprint density at radius 3 is 2.50 bits per heavy atom. The van der Waals surface area contributed by atoms with Crippen LogP contribution in [-0.2, 0) is 11.2 Å². The molecule has 0 aliphatic rings. The predicted molar refractivity (Wildman–Crippen MR) is 96.2 cm³/mol. The molecule has 0 radical (unpaired) electrons. The second-order valence-corrected chi connectivity index (χ2v) is 7.13. The minimum Gasteiger partial charge on any atom is -0.441 e. The third kappa shape index (κ3) is 4.58. The number of likely N-dealkylation sites (N-methyl/N-ethyl adjacent to an activating group) is 1. The number of benzene rings is 1. The number of nitrogens with zero attached hydrogens (tertiary/aromatic N) is 2. The van der Waals surface area contributed by atoms with E-state index >= 15 is 0 Å². The van der Waals surface area contributed by atoms with Gasteiger partial charge in [0.1, 0.15) is 5.76 Å². The zero-order chi connectivity index (χ0) is 17.9. The van der Waals surface area contributed by atoms with E-state index in [-0.39, 0.29) is 17.9 Å². The molecule has 1 heterocycles. The van der Waals surface area contributed by atoms with Crippen LogP contribution in [0.25, 0.3) is 11.5 Å². The van der Waals surface area contributed by atoms with Crippen LogP contribution in [0.4, 0.5) is 0 Å². The first-order valence-corrected chi connectivity index (χ1v) is 8.23. The lowest BCUT2D eigenvalue weighted by atomic mass is 10.0. The summed E-state index contributed by atoms with van der Waals surface area (Å²) in [5.41, 5.74) is 1.38. The largest absolute Gasteiger partial charge is 0.441 e. The number of rotatable bonds is 6. The third-order valence-corrected chi connectivity index (χ3v) is 4.49. The molecular formula is C18H24ClN3O2. The second kappa shape index (κ2) is 7.36. The van der Waals surface area contributed by atoms with Crippen LogP contribution in [0.5, 0.6) is 0 Å². The minimum absolute atomic E-state index is 0.0658. The molecule has 1 aromatic carbocycles. The fourth-order valence-corrected chi connectivity index (χ4v) is 2.12. The van der Waals surface area contributed by atoms with E-state index in [2.05, 4.69) is 29.0 Å². The van der Waals surface area contributed by atoms with Crippen molar-refractivity contribution in [3.63, 3.8) is 0 Å². The summed E-state index contributed by atoms with van der Waals surface area (Å²) in [4.78, 5) is 18.7. The monoisotopic (exact) mass is 349 g/mol. The van der Waals surface area contributed by atoms with E-state index in [4.69, 9.17) is 16.0 Å². The summed E-state index contributed by atoms with van der Waals surface area (Å²) in [7, 11) is 3.98. The number of carbonyl (C=O) groups excluding carboxylic acids is 1. The molecule has 24 heavy (non-hydrogen) atoms. The summed E-state index contributed by atoms with van der Waals surface area (Å²) in [6.07, 6.45) is 0.201. The first-order chi connectivity index (χ1) is 11.2. The normalized spacial score (nSPS) is 11.8. The summed E-state index contributed by atoms with van der Waals surface area (Å²) < 4.78 is 5.68. The molecule has 0 saturated heterocycles. The molecule has 0 aliphatic heterocycles. The van der Waals surface area contributed by atoms with Gasteiger partial charge in [-0.1, -0.05) is 11.6 Å². The van der Waals surface area contributed by atoms with Crippen molar-refractivity contribution in [1.29, 1.82) is 0 Å². The fourth-order valence-electron chi connectivity index (χ4n) is 2.00. The Hall–Kier alpha value is -1.85. The third-order valence-electron chi connectivity index (χ3n) is 4.24. The molecule has 0 saturated carbocycles. The van der Waals surface area contributed by atoms with Crippen molar-refractivity contribution < 1.29 is 9.21 Å². The van der Waals surface area contributed by atoms with E-state index < -0.39 is 0 Å². The van der Waals surface area contributed by atoms with Crippen LogP contribution in [0.2, 0.25) is 5.02 Å². The number of aromatic nitrogens is 1. The van der Waals surface area contributed by atoms with Gasteiger partial charge in [0.2, 0.25) is 11.8 Å². The molecule has 0 aliphatic carbocycles. The van der Waals surface area contributed by atoms with Gasteiger partial charge >= 0.3 is 0 Å². The lowest BCUT2D eigenvalue weighted by Gasteiger charge is -2.32. The minimum atomic E-state index is -0.108. The Balaban J connectivity index is 2.03. The number of nitrogens with one attached hydrogen (secondary N) is 1. The van der Waals surface area contributed by atoms with Crippen molar-refractivity contribution in [2.24, 2.45) is 0 Å². The van der Waals surface area contributed by atoms with Crippen LogP contribution in [0.3, 0.4) is 0 Å². The first kappa shape index (κ1) is 18.5. The fraction of sp³-hybridized carbons (Fsp3) is 0.444. The molecule has 1 aromatic heterocycles. The zero-order valence-electron chi connectivity index (χ0n) is 14.8. The summed E-state index contributed by atoms with van der Waals surface area (Å²) in [6, 6.07) is 7.26. The number of carbonyl (C=O) groups is 1. The van der Waals surface area contributed by atoms with Gasteiger partial charge in [-0.2, -0.15) is 0 Å².